The van der Waals surface area contributed by atoms with Crippen molar-refractivity contribution in [2.75, 3.05) is 0 Å². The van der Waals surface area contributed by atoms with E-state index in [1.807, 2.05) is 60.7 Å². The first kappa shape index (κ1) is 62.9. The Morgan fingerprint density at radius 1 is 0.395 bits per heavy atom. The Morgan fingerprint density at radius 2 is 0.724 bits per heavy atom. The standard InChI is InChI=1S/C28H42O2.C21H24Br4O2.C17H18O2/c1-5-8-9-10-11-12-19-28(4,24-15-17-26(29)22(20-24)13-6-2)25-16-18-27(30)23(21-25)14-7-3;1-3-4-5-6-7-8-21(2,13-9-15(22)19(26)16(23)10-13)14-11-17(24)20(27)18(25)12-14;18-15-7-3-13(4-8-15)17(11-1-2-12-17)14-5-9-16(19)10-6-14/h15-18,20-21,29-30H,5-14,19H2,1-4H3;9-12,26-27H,3-8H2,1-2H3;3-10,18-19H,1-2,11-12H2. The van der Waals surface area contributed by atoms with Gasteiger partial charge in [-0.25, -0.2) is 0 Å². The quantitative estimate of drug-likeness (QED) is 0.0356. The number of aryl methyl sites for hydroxylation is 2. The molecule has 0 heterocycles. The van der Waals surface area contributed by atoms with Crippen LogP contribution in [0.25, 0.3) is 0 Å². The fraction of sp³-hybridized carbons (Fsp3) is 0.455. The van der Waals surface area contributed by atoms with E-state index in [1.54, 1.807) is 24.3 Å². The molecule has 0 bridgehead atoms. The molecule has 1 aliphatic carbocycles. The number of unbranched alkanes of at least 4 members (excludes halogenated alkanes) is 9. The van der Waals surface area contributed by atoms with Gasteiger partial charge in [-0.1, -0.05) is 186 Å². The van der Waals surface area contributed by atoms with Gasteiger partial charge in [0, 0.05) is 16.2 Å². The molecule has 0 radical (unpaired) electrons. The molecule has 7 rings (SSSR count). The highest BCUT2D eigenvalue weighted by Crippen LogP contribution is 2.48. The second kappa shape index (κ2) is 30.4. The van der Waals surface area contributed by atoms with Crippen molar-refractivity contribution in [3.63, 3.8) is 0 Å². The van der Waals surface area contributed by atoms with Crippen LogP contribution in [0.5, 0.6) is 34.5 Å². The van der Waals surface area contributed by atoms with Gasteiger partial charge in [-0.15, -0.1) is 0 Å². The van der Waals surface area contributed by atoms with Crippen molar-refractivity contribution in [3.8, 4) is 34.5 Å². The van der Waals surface area contributed by atoms with E-state index in [2.05, 4.69) is 130 Å². The molecule has 0 atom stereocenters. The van der Waals surface area contributed by atoms with Gasteiger partial charge in [0.15, 0.2) is 0 Å². The minimum atomic E-state index is -0.260. The van der Waals surface area contributed by atoms with Gasteiger partial charge >= 0.3 is 0 Å². The summed E-state index contributed by atoms with van der Waals surface area (Å²) in [6.45, 7) is 13.3. The molecular formula is C66H84Br4O6. The van der Waals surface area contributed by atoms with E-state index >= 15 is 0 Å². The number of hydrogen-bond donors (Lipinski definition) is 6. The van der Waals surface area contributed by atoms with Crippen molar-refractivity contribution in [2.45, 2.75) is 193 Å². The molecule has 1 fully saturated rings. The number of rotatable bonds is 23. The third-order valence-electron chi connectivity index (χ3n) is 15.9. The molecule has 1 saturated carbocycles. The SMILES string of the molecule is CCCCCCCC(C)(c1cc(Br)c(O)c(Br)c1)c1cc(Br)c(O)c(Br)c1.CCCCCCCCC(C)(c1ccc(O)c(CCC)c1)c1ccc(O)c(CCC)c1.Oc1ccc(C2(c3ccc(O)cc3)CCCC2)cc1. The second-order valence-corrected chi connectivity index (χ2v) is 24.9. The van der Waals surface area contributed by atoms with Crippen LogP contribution in [0.15, 0.2) is 127 Å². The number of phenolic OH excluding ortho intramolecular Hbond substituents is 6. The molecule has 6 aromatic carbocycles. The smallest absolute Gasteiger partial charge is 0.143 e. The molecule has 10 heteroatoms. The third kappa shape index (κ3) is 16.5. The summed E-state index contributed by atoms with van der Waals surface area (Å²) in [7, 11) is 0. The zero-order valence-electron chi connectivity index (χ0n) is 45.9. The van der Waals surface area contributed by atoms with Crippen molar-refractivity contribution < 1.29 is 30.6 Å². The molecule has 0 unspecified atom stereocenters. The number of benzene rings is 6. The van der Waals surface area contributed by atoms with Crippen LogP contribution >= 0.6 is 63.7 Å². The Balaban J connectivity index is 0.000000215. The molecule has 6 aromatic rings. The van der Waals surface area contributed by atoms with E-state index in [0.717, 1.165) is 80.0 Å². The lowest BCUT2D eigenvalue weighted by Crippen LogP contribution is -2.24. The molecule has 0 saturated heterocycles. The summed E-state index contributed by atoms with van der Waals surface area (Å²) < 4.78 is 2.67. The van der Waals surface area contributed by atoms with Crippen LogP contribution in [-0.2, 0) is 29.1 Å². The molecule has 0 aliphatic heterocycles. The van der Waals surface area contributed by atoms with E-state index in [-0.39, 0.29) is 27.7 Å². The first-order valence-corrected chi connectivity index (χ1v) is 31.1. The highest BCUT2D eigenvalue weighted by atomic mass is 79.9. The van der Waals surface area contributed by atoms with Gasteiger partial charge in [-0.2, -0.15) is 0 Å². The van der Waals surface area contributed by atoms with Gasteiger partial charge in [0.1, 0.15) is 34.5 Å². The molecule has 0 spiro atoms. The van der Waals surface area contributed by atoms with E-state index in [4.69, 9.17) is 0 Å². The highest BCUT2D eigenvalue weighted by molar-refractivity contribution is 9.11. The van der Waals surface area contributed by atoms with E-state index in [1.165, 1.54) is 99.3 Å². The summed E-state index contributed by atoms with van der Waals surface area (Å²) in [4.78, 5) is 0. The van der Waals surface area contributed by atoms with Gasteiger partial charge in [-0.3, -0.25) is 0 Å². The number of aromatic hydroxyl groups is 6. The number of halogens is 4. The van der Waals surface area contributed by atoms with Gasteiger partial charge in [-0.05, 0) is 207 Å². The van der Waals surface area contributed by atoms with Crippen molar-refractivity contribution in [2.24, 2.45) is 0 Å². The molecule has 6 nitrogen and oxygen atoms in total. The van der Waals surface area contributed by atoms with Crippen molar-refractivity contribution in [1.29, 1.82) is 0 Å². The Morgan fingerprint density at radius 3 is 1.07 bits per heavy atom. The highest BCUT2D eigenvalue weighted by Gasteiger charge is 2.37. The van der Waals surface area contributed by atoms with Gasteiger partial charge in [0.2, 0.25) is 0 Å². The minimum Gasteiger partial charge on any atom is -0.508 e. The Bertz CT molecular complexity index is 2520. The predicted octanol–water partition coefficient (Wildman–Crippen LogP) is 20.8. The fourth-order valence-corrected chi connectivity index (χ4v) is 13.5. The third-order valence-corrected chi connectivity index (χ3v) is 18.3. The lowest BCUT2D eigenvalue weighted by atomic mass is 9.71. The van der Waals surface area contributed by atoms with Crippen LogP contribution in [0.2, 0.25) is 0 Å². The maximum absolute atomic E-state index is 10.3. The minimum absolute atomic E-state index is 0.0431. The normalized spacial score (nSPS) is 13.2. The summed E-state index contributed by atoms with van der Waals surface area (Å²) in [5, 5.41) is 59.8. The van der Waals surface area contributed by atoms with Crippen molar-refractivity contribution in [3.05, 3.63) is 172 Å². The first-order valence-electron chi connectivity index (χ1n) is 28.0. The maximum atomic E-state index is 10.3. The van der Waals surface area contributed by atoms with Crippen LogP contribution in [0.4, 0.5) is 0 Å². The Labute approximate surface area is 489 Å². The van der Waals surface area contributed by atoms with E-state index < -0.39 is 0 Å². The van der Waals surface area contributed by atoms with Crippen LogP contribution in [-0.4, -0.2) is 30.6 Å². The van der Waals surface area contributed by atoms with Crippen molar-refractivity contribution >= 4 is 63.7 Å². The van der Waals surface area contributed by atoms with Crippen LogP contribution < -0.4 is 0 Å². The molecule has 6 N–H and O–H groups in total. The zero-order chi connectivity index (χ0) is 55.5. The maximum Gasteiger partial charge on any atom is 0.143 e. The van der Waals surface area contributed by atoms with Gasteiger partial charge in [0.25, 0.3) is 0 Å². The van der Waals surface area contributed by atoms with Gasteiger partial charge in [0.05, 0.1) is 17.9 Å². The summed E-state index contributed by atoms with van der Waals surface area (Å²) >= 11 is 13.9. The Kier molecular flexibility index (Phi) is 25.2. The Hall–Kier alpha value is -3.96. The van der Waals surface area contributed by atoms with Gasteiger partial charge < -0.3 is 30.6 Å². The van der Waals surface area contributed by atoms with Crippen LogP contribution in [0, 0.1) is 0 Å². The largest absolute Gasteiger partial charge is 0.508 e. The molecule has 76 heavy (non-hydrogen) atoms. The zero-order valence-corrected chi connectivity index (χ0v) is 52.3. The van der Waals surface area contributed by atoms with E-state index in [9.17, 15) is 30.6 Å². The molecular weight excluding hydrogens is 1210 g/mol. The summed E-state index contributed by atoms with van der Waals surface area (Å²) in [5.41, 5.74) is 9.01. The summed E-state index contributed by atoms with van der Waals surface area (Å²) in [5.74, 6) is 1.83. The lowest BCUT2D eigenvalue weighted by molar-refractivity contribution is 0.454. The second-order valence-electron chi connectivity index (χ2n) is 21.5. The van der Waals surface area contributed by atoms with Crippen molar-refractivity contribution in [1.82, 2.24) is 0 Å². The summed E-state index contributed by atoms with van der Waals surface area (Å²) in [6.07, 6.45) is 24.3. The average molecular weight is 1290 g/mol. The van der Waals surface area contributed by atoms with E-state index in [0.29, 0.717) is 40.9 Å². The lowest BCUT2D eigenvalue weighted by Gasteiger charge is -2.32. The monoisotopic (exact) mass is 1290 g/mol. The predicted molar refractivity (Wildman–Crippen MR) is 331 cm³/mol. The number of phenols is 6. The topological polar surface area (TPSA) is 121 Å². The average Bonchev–Trinajstić information content (AvgIpc) is 3.93. The fourth-order valence-electron chi connectivity index (χ4n) is 11.1. The van der Waals surface area contributed by atoms with Crippen LogP contribution in [0.1, 0.15) is 208 Å². The molecule has 412 valence electrons. The molecule has 0 aromatic heterocycles. The molecule has 0 amide bonds. The first-order chi connectivity index (χ1) is 36.4. The summed E-state index contributed by atoms with van der Waals surface area (Å²) in [6, 6.07) is 35.4. The molecule has 1 aliphatic rings. The van der Waals surface area contributed by atoms with Crippen LogP contribution in [0.3, 0.4) is 0 Å². The number of hydrogen-bond acceptors (Lipinski definition) is 6.